The van der Waals surface area contributed by atoms with E-state index in [0.717, 1.165) is 6.07 Å². The van der Waals surface area contributed by atoms with E-state index in [9.17, 15) is 14.0 Å². The van der Waals surface area contributed by atoms with Gasteiger partial charge in [0.1, 0.15) is 11.9 Å². The molecule has 7 heteroatoms. The molecule has 2 aromatic rings. The van der Waals surface area contributed by atoms with Crippen molar-refractivity contribution in [3.05, 3.63) is 63.9 Å². The van der Waals surface area contributed by atoms with E-state index >= 15 is 0 Å². The van der Waals surface area contributed by atoms with Gasteiger partial charge in [0.15, 0.2) is 0 Å². The van der Waals surface area contributed by atoms with Crippen LogP contribution in [0, 0.1) is 5.82 Å². The van der Waals surface area contributed by atoms with Crippen LogP contribution < -0.4 is 10.6 Å². The molecule has 0 saturated heterocycles. The topological polar surface area (TPSA) is 58.2 Å². The molecule has 0 radical (unpaired) electrons. The second-order valence-electron chi connectivity index (χ2n) is 4.79. The average Bonchev–Trinajstić information content (AvgIpc) is 2.51. The van der Waals surface area contributed by atoms with Crippen LogP contribution in [-0.2, 0) is 4.79 Å². The van der Waals surface area contributed by atoms with Gasteiger partial charge in [-0.1, -0.05) is 35.3 Å². The first kappa shape index (κ1) is 17.2. The van der Waals surface area contributed by atoms with Crippen molar-refractivity contribution in [2.24, 2.45) is 0 Å². The van der Waals surface area contributed by atoms with Gasteiger partial charge in [0.2, 0.25) is 5.91 Å². The lowest BCUT2D eigenvalue weighted by molar-refractivity contribution is -0.117. The van der Waals surface area contributed by atoms with Gasteiger partial charge in [-0.15, -0.1) is 0 Å². The van der Waals surface area contributed by atoms with Gasteiger partial charge in [-0.3, -0.25) is 9.59 Å². The van der Waals surface area contributed by atoms with Crippen molar-refractivity contribution in [2.45, 2.75) is 13.0 Å². The third kappa shape index (κ3) is 4.43. The van der Waals surface area contributed by atoms with E-state index in [4.69, 9.17) is 23.2 Å². The van der Waals surface area contributed by atoms with Crippen LogP contribution in [0.1, 0.15) is 17.3 Å². The number of hydrogen-bond acceptors (Lipinski definition) is 2. The van der Waals surface area contributed by atoms with E-state index in [2.05, 4.69) is 10.6 Å². The van der Waals surface area contributed by atoms with E-state index < -0.39 is 23.7 Å². The summed E-state index contributed by atoms with van der Waals surface area (Å²) in [4.78, 5) is 24.2. The molecule has 2 N–H and O–H groups in total. The summed E-state index contributed by atoms with van der Waals surface area (Å²) >= 11 is 11.6. The number of nitrogens with one attached hydrogen (secondary N) is 2. The second-order valence-corrected chi connectivity index (χ2v) is 5.61. The number of halogens is 3. The highest BCUT2D eigenvalue weighted by atomic mass is 35.5. The normalized spacial score (nSPS) is 11.7. The molecule has 0 aliphatic carbocycles. The summed E-state index contributed by atoms with van der Waals surface area (Å²) in [5.41, 5.74) is 0.610. The fourth-order valence-corrected chi connectivity index (χ4v) is 2.21. The molecule has 0 spiro atoms. The number of benzene rings is 2. The van der Waals surface area contributed by atoms with Gasteiger partial charge in [-0.05, 0) is 37.3 Å². The van der Waals surface area contributed by atoms with Gasteiger partial charge in [0.05, 0.1) is 15.6 Å². The molecule has 0 aliphatic rings. The Labute approximate surface area is 142 Å². The minimum atomic E-state index is -0.817. The summed E-state index contributed by atoms with van der Waals surface area (Å²) in [7, 11) is 0. The molecule has 23 heavy (non-hydrogen) atoms. The lowest BCUT2D eigenvalue weighted by atomic mass is 10.2. The molecule has 2 amide bonds. The highest BCUT2D eigenvalue weighted by Gasteiger charge is 2.18. The SMILES string of the molecule is C[C@H](NC(=O)c1ccccc1Cl)C(=O)Nc1ccc(F)c(Cl)c1. The van der Waals surface area contributed by atoms with Crippen LogP contribution in [0.15, 0.2) is 42.5 Å². The van der Waals surface area contributed by atoms with Crippen molar-refractivity contribution in [2.75, 3.05) is 5.32 Å². The summed E-state index contributed by atoms with van der Waals surface area (Å²) in [5.74, 6) is -1.51. The third-order valence-corrected chi connectivity index (χ3v) is 3.67. The summed E-state index contributed by atoms with van der Waals surface area (Å²) in [5, 5.41) is 5.28. The standard InChI is InChI=1S/C16H13Cl2FN2O2/c1-9(20-16(23)11-4-2-3-5-12(11)17)15(22)21-10-6-7-14(19)13(18)8-10/h2-9H,1H3,(H,20,23)(H,21,22)/t9-/m0/s1. The largest absolute Gasteiger partial charge is 0.340 e. The van der Waals surface area contributed by atoms with Gasteiger partial charge < -0.3 is 10.6 Å². The number of carbonyl (C=O) groups excluding carboxylic acids is 2. The second kappa shape index (κ2) is 7.44. The van der Waals surface area contributed by atoms with Crippen LogP contribution in [0.2, 0.25) is 10.0 Å². The van der Waals surface area contributed by atoms with Gasteiger partial charge in [-0.2, -0.15) is 0 Å². The zero-order valence-electron chi connectivity index (χ0n) is 12.1. The first-order chi connectivity index (χ1) is 10.9. The number of carbonyl (C=O) groups is 2. The number of rotatable bonds is 4. The molecular weight excluding hydrogens is 342 g/mol. The van der Waals surface area contributed by atoms with E-state index in [1.54, 1.807) is 24.3 Å². The molecule has 0 fully saturated rings. The zero-order chi connectivity index (χ0) is 17.0. The minimum Gasteiger partial charge on any atom is -0.340 e. The van der Waals surface area contributed by atoms with E-state index in [-0.39, 0.29) is 10.6 Å². The van der Waals surface area contributed by atoms with Crippen LogP contribution in [0.5, 0.6) is 0 Å². The maximum Gasteiger partial charge on any atom is 0.253 e. The van der Waals surface area contributed by atoms with Crippen LogP contribution >= 0.6 is 23.2 Å². The van der Waals surface area contributed by atoms with Gasteiger partial charge in [-0.25, -0.2) is 4.39 Å². The smallest absolute Gasteiger partial charge is 0.253 e. The Kier molecular flexibility index (Phi) is 5.58. The molecule has 2 aromatic carbocycles. The molecule has 0 bridgehead atoms. The highest BCUT2D eigenvalue weighted by molar-refractivity contribution is 6.33. The zero-order valence-corrected chi connectivity index (χ0v) is 13.6. The third-order valence-electron chi connectivity index (χ3n) is 3.05. The molecule has 0 heterocycles. The molecule has 2 rings (SSSR count). The summed E-state index contributed by atoms with van der Waals surface area (Å²) < 4.78 is 13.1. The fourth-order valence-electron chi connectivity index (χ4n) is 1.81. The maximum atomic E-state index is 13.1. The quantitative estimate of drug-likeness (QED) is 0.874. The Morgan fingerprint density at radius 1 is 1.09 bits per heavy atom. The molecule has 0 aliphatic heterocycles. The van der Waals surface area contributed by atoms with Crippen molar-refractivity contribution in [1.82, 2.24) is 5.32 Å². The number of hydrogen-bond donors (Lipinski definition) is 2. The summed E-state index contributed by atoms with van der Waals surface area (Å²) in [6.07, 6.45) is 0. The number of amides is 2. The Morgan fingerprint density at radius 2 is 1.78 bits per heavy atom. The Balaban J connectivity index is 2.01. The molecule has 0 saturated carbocycles. The predicted molar refractivity (Wildman–Crippen MR) is 88.4 cm³/mol. The minimum absolute atomic E-state index is 0.101. The van der Waals surface area contributed by atoms with E-state index in [1.165, 1.54) is 19.1 Å². The molecule has 0 aromatic heterocycles. The number of anilines is 1. The van der Waals surface area contributed by atoms with Gasteiger partial charge in [0, 0.05) is 5.69 Å². The summed E-state index contributed by atoms with van der Waals surface area (Å²) in [6.45, 7) is 1.52. The molecule has 120 valence electrons. The summed E-state index contributed by atoms with van der Waals surface area (Å²) in [6, 6.07) is 9.51. The van der Waals surface area contributed by atoms with Crippen molar-refractivity contribution in [3.8, 4) is 0 Å². The van der Waals surface area contributed by atoms with Crippen molar-refractivity contribution in [1.29, 1.82) is 0 Å². The van der Waals surface area contributed by atoms with Crippen LogP contribution in [-0.4, -0.2) is 17.9 Å². The average molecular weight is 355 g/mol. The molecule has 1 atom stereocenters. The molecular formula is C16H13Cl2FN2O2. The first-order valence-corrected chi connectivity index (χ1v) is 7.45. The van der Waals surface area contributed by atoms with Crippen molar-refractivity contribution in [3.63, 3.8) is 0 Å². The maximum absolute atomic E-state index is 13.1. The van der Waals surface area contributed by atoms with Crippen LogP contribution in [0.25, 0.3) is 0 Å². The van der Waals surface area contributed by atoms with Crippen molar-refractivity contribution < 1.29 is 14.0 Å². The van der Waals surface area contributed by atoms with Gasteiger partial charge in [0.25, 0.3) is 5.91 Å². The highest BCUT2D eigenvalue weighted by Crippen LogP contribution is 2.19. The Bertz CT molecular complexity index is 753. The fraction of sp³-hybridized carbons (Fsp3) is 0.125. The van der Waals surface area contributed by atoms with E-state index in [0.29, 0.717) is 10.7 Å². The van der Waals surface area contributed by atoms with Crippen LogP contribution in [0.4, 0.5) is 10.1 Å². The predicted octanol–water partition coefficient (Wildman–Crippen LogP) is 3.89. The Hall–Kier alpha value is -2.11. The molecule has 0 unspecified atom stereocenters. The monoisotopic (exact) mass is 354 g/mol. The van der Waals surface area contributed by atoms with Gasteiger partial charge >= 0.3 is 0 Å². The first-order valence-electron chi connectivity index (χ1n) is 6.70. The van der Waals surface area contributed by atoms with E-state index in [1.807, 2.05) is 0 Å². The van der Waals surface area contributed by atoms with Crippen LogP contribution in [0.3, 0.4) is 0 Å². The Morgan fingerprint density at radius 3 is 2.43 bits per heavy atom. The lowest BCUT2D eigenvalue weighted by Crippen LogP contribution is -2.41. The van der Waals surface area contributed by atoms with Crippen molar-refractivity contribution >= 4 is 40.7 Å². The molecule has 4 nitrogen and oxygen atoms in total. The lowest BCUT2D eigenvalue weighted by Gasteiger charge is -2.15.